The third kappa shape index (κ3) is 8.54. The molecule has 0 amide bonds. The van der Waals surface area contributed by atoms with E-state index >= 15 is 0 Å². The quantitative estimate of drug-likeness (QED) is 0.391. The smallest absolute Gasteiger partial charge is 0.166 e. The van der Waals surface area contributed by atoms with Crippen LogP contribution in [-0.4, -0.2) is 4.46 Å². The van der Waals surface area contributed by atoms with Gasteiger partial charge in [-0.05, 0) is 12.8 Å². The van der Waals surface area contributed by atoms with Gasteiger partial charge in [-0.15, -0.1) is 0 Å². The number of halogens is 2. The molecule has 0 aromatic heterocycles. The van der Waals surface area contributed by atoms with Crippen molar-refractivity contribution in [3.8, 4) is 0 Å². The van der Waals surface area contributed by atoms with Crippen LogP contribution in [0, 0.1) is 0 Å². The van der Waals surface area contributed by atoms with Crippen LogP contribution in [0.4, 0.5) is 0 Å². The molecule has 0 heterocycles. The molecule has 0 aliphatic heterocycles. The summed E-state index contributed by atoms with van der Waals surface area (Å²) >= 11 is 11.0. The van der Waals surface area contributed by atoms with Gasteiger partial charge in [-0.1, -0.05) is 43.0 Å². The van der Waals surface area contributed by atoms with Crippen molar-refractivity contribution in [3.63, 3.8) is 0 Å². The first kappa shape index (κ1) is 9.54. The molecule has 0 rings (SSSR count). The molecule has 1 nitrogen and oxygen atoms in total. The van der Waals surface area contributed by atoms with Gasteiger partial charge >= 0.3 is 0 Å². The van der Waals surface area contributed by atoms with Crippen LogP contribution in [0.15, 0.2) is 0 Å². The third-order valence-corrected chi connectivity index (χ3v) is 1.49. The second-order valence-electron chi connectivity index (χ2n) is 2.22. The molecule has 0 spiro atoms. The third-order valence-electron chi connectivity index (χ3n) is 1.11. The molecule has 0 saturated carbocycles. The molecule has 0 fully saturated rings. The summed E-state index contributed by atoms with van der Waals surface area (Å²) in [5.41, 5.74) is 5.31. The van der Waals surface area contributed by atoms with E-state index in [2.05, 4.69) is 6.92 Å². The van der Waals surface area contributed by atoms with Gasteiger partial charge < -0.3 is 5.73 Å². The maximum absolute atomic E-state index is 5.51. The van der Waals surface area contributed by atoms with Crippen molar-refractivity contribution < 1.29 is 0 Å². The van der Waals surface area contributed by atoms with Gasteiger partial charge in [-0.25, -0.2) is 0 Å². The Morgan fingerprint density at radius 3 is 2.22 bits per heavy atom. The van der Waals surface area contributed by atoms with Gasteiger partial charge in [-0.2, -0.15) is 0 Å². The molecule has 3 heteroatoms. The zero-order chi connectivity index (χ0) is 7.33. The molecule has 0 radical (unpaired) electrons. The van der Waals surface area contributed by atoms with Crippen LogP contribution in [0.2, 0.25) is 0 Å². The van der Waals surface area contributed by atoms with Crippen molar-refractivity contribution in [2.75, 3.05) is 0 Å². The van der Waals surface area contributed by atoms with Gasteiger partial charge in [0.25, 0.3) is 0 Å². The molecule has 9 heavy (non-hydrogen) atoms. The van der Waals surface area contributed by atoms with E-state index < -0.39 is 4.46 Å². The molecule has 0 unspecified atom stereocenters. The molecular weight excluding hydrogens is 157 g/mol. The topological polar surface area (TPSA) is 26.0 Å². The lowest BCUT2D eigenvalue weighted by Crippen LogP contribution is -2.24. The van der Waals surface area contributed by atoms with Crippen LogP contribution in [0.5, 0.6) is 0 Å². The Labute approximate surface area is 66.5 Å². The van der Waals surface area contributed by atoms with Crippen LogP contribution < -0.4 is 5.73 Å². The summed E-state index contributed by atoms with van der Waals surface area (Å²) in [5.74, 6) is 0. The lowest BCUT2D eigenvalue weighted by molar-refractivity contribution is 0.621. The lowest BCUT2D eigenvalue weighted by Gasteiger charge is -2.11. The SMILES string of the molecule is CCCCCC(N)(Cl)Cl. The summed E-state index contributed by atoms with van der Waals surface area (Å²) in [6.07, 6.45) is 4.02. The minimum atomic E-state index is -1.00. The predicted octanol–water partition coefficient (Wildman–Crippen LogP) is 2.66. The van der Waals surface area contributed by atoms with Crippen molar-refractivity contribution >= 4 is 23.2 Å². The van der Waals surface area contributed by atoms with Crippen molar-refractivity contribution in [2.45, 2.75) is 37.1 Å². The first-order valence-electron chi connectivity index (χ1n) is 3.23. The average molecular weight is 170 g/mol. The molecule has 0 atom stereocenters. The fraction of sp³-hybridized carbons (Fsp3) is 1.00. The summed E-state index contributed by atoms with van der Waals surface area (Å²) in [6.45, 7) is 2.13. The number of unbranched alkanes of at least 4 members (excludes halogenated alkanes) is 2. The molecule has 0 saturated heterocycles. The monoisotopic (exact) mass is 169 g/mol. The highest BCUT2D eigenvalue weighted by Gasteiger charge is 2.14. The standard InChI is InChI=1S/C6H13Cl2N/c1-2-3-4-5-6(7,8)9/h2-5,9H2,1H3. The first-order chi connectivity index (χ1) is 4.06. The second-order valence-corrected chi connectivity index (χ2v) is 3.76. The fourth-order valence-corrected chi connectivity index (χ4v) is 0.878. The maximum Gasteiger partial charge on any atom is 0.166 e. The van der Waals surface area contributed by atoms with E-state index in [0.29, 0.717) is 6.42 Å². The summed E-state index contributed by atoms with van der Waals surface area (Å²) < 4.78 is -1.00. The van der Waals surface area contributed by atoms with Crippen molar-refractivity contribution in [1.82, 2.24) is 0 Å². The predicted molar refractivity (Wildman–Crippen MR) is 42.8 cm³/mol. The first-order valence-corrected chi connectivity index (χ1v) is 3.98. The van der Waals surface area contributed by atoms with Crippen molar-refractivity contribution in [1.29, 1.82) is 0 Å². The zero-order valence-corrected chi connectivity index (χ0v) is 7.17. The van der Waals surface area contributed by atoms with Crippen LogP contribution in [-0.2, 0) is 0 Å². The lowest BCUT2D eigenvalue weighted by atomic mass is 10.2. The highest BCUT2D eigenvalue weighted by molar-refractivity contribution is 6.47. The summed E-state index contributed by atoms with van der Waals surface area (Å²) in [6, 6.07) is 0. The van der Waals surface area contributed by atoms with Crippen LogP contribution in [0.25, 0.3) is 0 Å². The van der Waals surface area contributed by atoms with Gasteiger partial charge in [0, 0.05) is 0 Å². The highest BCUT2D eigenvalue weighted by atomic mass is 35.5. The summed E-state index contributed by atoms with van der Waals surface area (Å²) in [7, 11) is 0. The van der Waals surface area contributed by atoms with E-state index in [9.17, 15) is 0 Å². The van der Waals surface area contributed by atoms with Crippen LogP contribution >= 0.6 is 23.2 Å². The highest BCUT2D eigenvalue weighted by Crippen LogP contribution is 2.20. The summed E-state index contributed by atoms with van der Waals surface area (Å²) in [4.78, 5) is 0. The number of hydrogen-bond donors (Lipinski definition) is 1. The largest absolute Gasteiger partial charge is 0.300 e. The van der Waals surface area contributed by atoms with Crippen LogP contribution in [0.3, 0.4) is 0 Å². The molecule has 56 valence electrons. The maximum atomic E-state index is 5.51. The molecule has 0 aliphatic carbocycles. The zero-order valence-electron chi connectivity index (χ0n) is 5.66. The number of rotatable bonds is 4. The Hall–Kier alpha value is 0.540. The van der Waals surface area contributed by atoms with E-state index in [1.54, 1.807) is 0 Å². The van der Waals surface area contributed by atoms with Gasteiger partial charge in [0.05, 0.1) is 0 Å². The molecule has 0 aromatic rings. The van der Waals surface area contributed by atoms with Crippen LogP contribution in [0.1, 0.15) is 32.6 Å². The molecule has 0 aromatic carbocycles. The number of hydrogen-bond acceptors (Lipinski definition) is 1. The fourth-order valence-electron chi connectivity index (χ4n) is 0.611. The normalized spacial score (nSPS) is 12.0. The van der Waals surface area contributed by atoms with E-state index in [1.165, 1.54) is 6.42 Å². The average Bonchev–Trinajstić information content (AvgIpc) is 1.63. The minimum Gasteiger partial charge on any atom is -0.300 e. The van der Waals surface area contributed by atoms with Crippen molar-refractivity contribution in [2.24, 2.45) is 5.73 Å². The van der Waals surface area contributed by atoms with E-state index in [1.807, 2.05) is 0 Å². The van der Waals surface area contributed by atoms with E-state index in [0.717, 1.165) is 12.8 Å². The van der Waals surface area contributed by atoms with Gasteiger partial charge in [0.15, 0.2) is 4.46 Å². The Balaban J connectivity index is 3.07. The Morgan fingerprint density at radius 2 is 1.89 bits per heavy atom. The molecule has 0 aliphatic rings. The van der Waals surface area contributed by atoms with Gasteiger partial charge in [0.1, 0.15) is 0 Å². The van der Waals surface area contributed by atoms with E-state index in [-0.39, 0.29) is 0 Å². The Kier molecular flexibility index (Phi) is 4.63. The van der Waals surface area contributed by atoms with Crippen molar-refractivity contribution in [3.05, 3.63) is 0 Å². The summed E-state index contributed by atoms with van der Waals surface area (Å²) in [5, 5.41) is 0. The number of alkyl halides is 2. The van der Waals surface area contributed by atoms with Gasteiger partial charge in [0.2, 0.25) is 0 Å². The Bertz CT molecular complexity index is 67.9. The Morgan fingerprint density at radius 1 is 1.33 bits per heavy atom. The van der Waals surface area contributed by atoms with E-state index in [4.69, 9.17) is 28.9 Å². The van der Waals surface area contributed by atoms with Gasteiger partial charge in [-0.3, -0.25) is 0 Å². The minimum absolute atomic E-state index is 0.684. The number of nitrogens with two attached hydrogens (primary N) is 1. The molecular formula is C6H13Cl2N. The molecule has 2 N–H and O–H groups in total. The second kappa shape index (κ2) is 4.37. The molecule has 0 bridgehead atoms.